The highest BCUT2D eigenvalue weighted by Crippen LogP contribution is 2.22. The number of rotatable bonds is 3. The lowest BCUT2D eigenvalue weighted by atomic mass is 9.93. The Kier molecular flexibility index (Phi) is 8.28. The van der Waals surface area contributed by atoms with Crippen molar-refractivity contribution in [2.24, 2.45) is 5.92 Å². The lowest BCUT2D eigenvalue weighted by Crippen LogP contribution is -2.39. The van der Waals surface area contributed by atoms with Gasteiger partial charge in [-0.05, 0) is 51.7 Å². The lowest BCUT2D eigenvalue weighted by molar-refractivity contribution is 0.161. The molecule has 0 spiro atoms. The van der Waals surface area contributed by atoms with Crippen LogP contribution in [-0.2, 0) is 0 Å². The first kappa shape index (κ1) is 16.3. The first-order chi connectivity index (χ1) is 8.36. The SMILES string of the molecule is CN(CC1CCNCC1)C1CCCCCCC1.Cl. The van der Waals surface area contributed by atoms with Crippen molar-refractivity contribution in [1.82, 2.24) is 10.2 Å². The molecule has 2 aliphatic rings. The molecule has 0 amide bonds. The molecule has 0 aromatic carbocycles. The summed E-state index contributed by atoms with van der Waals surface area (Å²) < 4.78 is 0. The van der Waals surface area contributed by atoms with Crippen molar-refractivity contribution in [3.63, 3.8) is 0 Å². The van der Waals surface area contributed by atoms with Gasteiger partial charge in [-0.2, -0.15) is 0 Å². The molecule has 1 aliphatic carbocycles. The molecule has 1 N–H and O–H groups in total. The van der Waals surface area contributed by atoms with Crippen LogP contribution in [0.15, 0.2) is 0 Å². The van der Waals surface area contributed by atoms with Gasteiger partial charge < -0.3 is 10.2 Å². The monoisotopic (exact) mass is 274 g/mol. The number of hydrogen-bond donors (Lipinski definition) is 1. The lowest BCUT2D eigenvalue weighted by Gasteiger charge is -2.34. The van der Waals surface area contributed by atoms with Crippen LogP contribution in [0.1, 0.15) is 57.8 Å². The van der Waals surface area contributed by atoms with Crippen LogP contribution in [0.3, 0.4) is 0 Å². The second-order valence-electron chi connectivity index (χ2n) is 6.13. The van der Waals surface area contributed by atoms with E-state index in [1.807, 2.05) is 0 Å². The highest BCUT2D eigenvalue weighted by molar-refractivity contribution is 5.85. The van der Waals surface area contributed by atoms with Crippen molar-refractivity contribution in [3.8, 4) is 0 Å². The molecule has 3 heteroatoms. The molecule has 2 nitrogen and oxygen atoms in total. The Morgan fingerprint density at radius 1 is 0.889 bits per heavy atom. The van der Waals surface area contributed by atoms with Gasteiger partial charge in [0.1, 0.15) is 0 Å². The zero-order valence-electron chi connectivity index (χ0n) is 12.0. The van der Waals surface area contributed by atoms with Gasteiger partial charge in [0.15, 0.2) is 0 Å². The maximum atomic E-state index is 3.47. The van der Waals surface area contributed by atoms with Gasteiger partial charge >= 0.3 is 0 Å². The van der Waals surface area contributed by atoms with Crippen molar-refractivity contribution in [2.75, 3.05) is 26.7 Å². The molecule has 1 saturated heterocycles. The minimum atomic E-state index is 0. The highest BCUT2D eigenvalue weighted by Gasteiger charge is 2.20. The van der Waals surface area contributed by atoms with Gasteiger partial charge in [-0.15, -0.1) is 12.4 Å². The van der Waals surface area contributed by atoms with Gasteiger partial charge in [-0.1, -0.05) is 32.1 Å². The van der Waals surface area contributed by atoms with Gasteiger partial charge in [-0.25, -0.2) is 0 Å². The van der Waals surface area contributed by atoms with Crippen LogP contribution >= 0.6 is 12.4 Å². The van der Waals surface area contributed by atoms with E-state index in [9.17, 15) is 0 Å². The van der Waals surface area contributed by atoms with Gasteiger partial charge in [0.25, 0.3) is 0 Å². The van der Waals surface area contributed by atoms with E-state index in [1.54, 1.807) is 0 Å². The number of hydrogen-bond acceptors (Lipinski definition) is 2. The Hall–Kier alpha value is 0.210. The van der Waals surface area contributed by atoms with E-state index in [0.717, 1.165) is 12.0 Å². The molecule has 0 aromatic rings. The van der Waals surface area contributed by atoms with Crippen molar-refractivity contribution in [2.45, 2.75) is 63.8 Å². The standard InChI is InChI=1S/C15H30N2.ClH/c1-17(13-14-9-11-16-12-10-14)15-7-5-3-2-4-6-8-15;/h14-16H,2-13H2,1H3;1H. The van der Waals surface area contributed by atoms with Gasteiger partial charge in [0.05, 0.1) is 0 Å². The first-order valence-corrected chi connectivity index (χ1v) is 7.77. The third-order valence-electron chi connectivity index (χ3n) is 4.70. The maximum absolute atomic E-state index is 3.47. The summed E-state index contributed by atoms with van der Waals surface area (Å²) in [7, 11) is 2.37. The summed E-state index contributed by atoms with van der Waals surface area (Å²) >= 11 is 0. The summed E-state index contributed by atoms with van der Waals surface area (Å²) in [6.45, 7) is 3.82. The number of piperidine rings is 1. The molecule has 2 fully saturated rings. The molecular formula is C15H31ClN2. The summed E-state index contributed by atoms with van der Waals surface area (Å²) in [4.78, 5) is 2.68. The molecule has 1 saturated carbocycles. The highest BCUT2D eigenvalue weighted by atomic mass is 35.5. The zero-order chi connectivity index (χ0) is 11.9. The summed E-state index contributed by atoms with van der Waals surface area (Å²) in [5.41, 5.74) is 0. The van der Waals surface area contributed by atoms with Crippen molar-refractivity contribution in [1.29, 1.82) is 0 Å². The average molecular weight is 275 g/mol. The average Bonchev–Trinajstić information content (AvgIpc) is 2.29. The fourth-order valence-electron chi connectivity index (χ4n) is 3.50. The fourth-order valence-corrected chi connectivity index (χ4v) is 3.50. The van der Waals surface area contributed by atoms with E-state index >= 15 is 0 Å². The second-order valence-corrected chi connectivity index (χ2v) is 6.13. The van der Waals surface area contributed by atoms with Crippen LogP contribution in [-0.4, -0.2) is 37.6 Å². The Morgan fingerprint density at radius 2 is 1.44 bits per heavy atom. The molecule has 0 radical (unpaired) electrons. The van der Waals surface area contributed by atoms with E-state index < -0.39 is 0 Å². The molecular weight excluding hydrogens is 244 g/mol. The molecule has 1 aliphatic heterocycles. The number of halogens is 1. The molecule has 108 valence electrons. The predicted molar refractivity (Wildman–Crippen MR) is 81.6 cm³/mol. The first-order valence-electron chi connectivity index (χ1n) is 7.77. The van der Waals surface area contributed by atoms with E-state index in [1.165, 1.54) is 77.4 Å². The van der Waals surface area contributed by atoms with Gasteiger partial charge in [0.2, 0.25) is 0 Å². The summed E-state index contributed by atoms with van der Waals surface area (Å²) in [5.74, 6) is 0.951. The fraction of sp³-hybridized carbons (Fsp3) is 1.00. The summed E-state index contributed by atoms with van der Waals surface area (Å²) in [5, 5.41) is 3.47. The van der Waals surface area contributed by atoms with Crippen LogP contribution in [0.5, 0.6) is 0 Å². The van der Waals surface area contributed by atoms with E-state index in [0.29, 0.717) is 0 Å². The molecule has 2 rings (SSSR count). The Labute approximate surface area is 119 Å². The van der Waals surface area contributed by atoms with Crippen LogP contribution in [0.2, 0.25) is 0 Å². The molecule has 18 heavy (non-hydrogen) atoms. The predicted octanol–water partition coefficient (Wildman–Crippen LogP) is 3.45. The quantitative estimate of drug-likeness (QED) is 0.848. The Bertz CT molecular complexity index is 197. The molecule has 0 bridgehead atoms. The molecule has 1 heterocycles. The minimum absolute atomic E-state index is 0. The van der Waals surface area contributed by atoms with Crippen LogP contribution in [0, 0.1) is 5.92 Å². The van der Waals surface area contributed by atoms with E-state index in [2.05, 4.69) is 17.3 Å². The van der Waals surface area contributed by atoms with Crippen LogP contribution in [0.25, 0.3) is 0 Å². The third-order valence-corrected chi connectivity index (χ3v) is 4.70. The normalized spacial score (nSPS) is 24.3. The van der Waals surface area contributed by atoms with Crippen LogP contribution in [0.4, 0.5) is 0 Å². The van der Waals surface area contributed by atoms with Crippen molar-refractivity contribution < 1.29 is 0 Å². The summed E-state index contributed by atoms with van der Waals surface area (Å²) in [6.07, 6.45) is 13.0. The second kappa shape index (κ2) is 9.17. The summed E-state index contributed by atoms with van der Waals surface area (Å²) in [6, 6.07) is 0.880. The number of nitrogens with one attached hydrogen (secondary N) is 1. The Balaban J connectivity index is 0.00000162. The number of nitrogens with zero attached hydrogens (tertiary/aromatic N) is 1. The largest absolute Gasteiger partial charge is 0.317 e. The molecule has 0 atom stereocenters. The minimum Gasteiger partial charge on any atom is -0.317 e. The third kappa shape index (κ3) is 5.46. The zero-order valence-corrected chi connectivity index (χ0v) is 12.8. The molecule has 0 unspecified atom stereocenters. The van der Waals surface area contributed by atoms with Crippen LogP contribution < -0.4 is 5.32 Å². The topological polar surface area (TPSA) is 15.3 Å². The van der Waals surface area contributed by atoms with E-state index in [4.69, 9.17) is 0 Å². The van der Waals surface area contributed by atoms with Crippen molar-refractivity contribution in [3.05, 3.63) is 0 Å². The molecule has 0 aromatic heterocycles. The van der Waals surface area contributed by atoms with Gasteiger partial charge in [0, 0.05) is 12.6 Å². The van der Waals surface area contributed by atoms with Crippen molar-refractivity contribution >= 4 is 12.4 Å². The van der Waals surface area contributed by atoms with E-state index in [-0.39, 0.29) is 12.4 Å². The van der Waals surface area contributed by atoms with Gasteiger partial charge in [-0.3, -0.25) is 0 Å². The Morgan fingerprint density at radius 3 is 2.06 bits per heavy atom. The smallest absolute Gasteiger partial charge is 0.00923 e. The maximum Gasteiger partial charge on any atom is 0.00923 e.